The minimum atomic E-state index is -0.317. The molecule has 0 aromatic heterocycles. The van der Waals surface area contributed by atoms with E-state index in [1.807, 2.05) is 24.3 Å². The second-order valence-electron chi connectivity index (χ2n) is 3.07. The van der Waals surface area contributed by atoms with Crippen LogP contribution in [0.2, 0.25) is 5.02 Å². The fourth-order valence-electron chi connectivity index (χ4n) is 1.06. The van der Waals surface area contributed by atoms with E-state index in [1.165, 1.54) is 0 Å². The van der Waals surface area contributed by atoms with Crippen molar-refractivity contribution in [2.45, 2.75) is 19.6 Å². The molecular weight excluding hydrogens is 186 g/mol. The summed E-state index contributed by atoms with van der Waals surface area (Å²) in [4.78, 5) is 0. The smallest absolute Gasteiger partial charge is 0.0636 e. The Balaban J connectivity index is 2.41. The molecule has 2 N–H and O–H groups in total. The van der Waals surface area contributed by atoms with Crippen LogP contribution < -0.4 is 5.32 Å². The molecule has 0 saturated carbocycles. The highest BCUT2D eigenvalue weighted by Gasteiger charge is 1.98. The Labute approximate surface area is 83.5 Å². The van der Waals surface area contributed by atoms with Gasteiger partial charge in [0, 0.05) is 18.1 Å². The van der Waals surface area contributed by atoms with E-state index in [0.717, 1.165) is 10.6 Å². The first-order valence-corrected chi connectivity index (χ1v) is 4.70. The molecule has 1 atom stereocenters. The first kappa shape index (κ1) is 10.5. The molecule has 0 spiro atoms. The van der Waals surface area contributed by atoms with Crippen molar-refractivity contribution in [3.05, 3.63) is 34.9 Å². The van der Waals surface area contributed by atoms with Crippen molar-refractivity contribution >= 4 is 11.6 Å². The second-order valence-corrected chi connectivity index (χ2v) is 3.48. The SMILES string of the molecule is C[C@@H](O)CNCc1ccccc1Cl. The molecule has 0 bridgehead atoms. The van der Waals surface area contributed by atoms with Gasteiger partial charge in [0.2, 0.25) is 0 Å². The van der Waals surface area contributed by atoms with Crippen molar-refractivity contribution in [3.8, 4) is 0 Å². The predicted octanol–water partition coefficient (Wildman–Crippen LogP) is 1.81. The van der Waals surface area contributed by atoms with Crippen LogP contribution in [0.15, 0.2) is 24.3 Å². The van der Waals surface area contributed by atoms with Crippen molar-refractivity contribution in [1.29, 1.82) is 0 Å². The summed E-state index contributed by atoms with van der Waals surface area (Å²) in [6.07, 6.45) is -0.317. The Morgan fingerprint density at radius 1 is 1.46 bits per heavy atom. The molecular formula is C10H14ClNO. The molecule has 3 heteroatoms. The average molecular weight is 200 g/mol. The lowest BCUT2D eigenvalue weighted by molar-refractivity contribution is 0.191. The molecule has 72 valence electrons. The van der Waals surface area contributed by atoms with Gasteiger partial charge in [-0.3, -0.25) is 0 Å². The number of aliphatic hydroxyl groups excluding tert-OH is 1. The molecule has 0 aliphatic rings. The summed E-state index contributed by atoms with van der Waals surface area (Å²) >= 11 is 5.94. The molecule has 1 rings (SSSR count). The highest BCUT2D eigenvalue weighted by molar-refractivity contribution is 6.31. The lowest BCUT2D eigenvalue weighted by Gasteiger charge is -2.07. The van der Waals surface area contributed by atoms with Gasteiger partial charge < -0.3 is 10.4 Å². The largest absolute Gasteiger partial charge is 0.392 e. The third-order valence-electron chi connectivity index (χ3n) is 1.71. The molecule has 0 aliphatic carbocycles. The van der Waals surface area contributed by atoms with Crippen molar-refractivity contribution < 1.29 is 5.11 Å². The highest BCUT2D eigenvalue weighted by Crippen LogP contribution is 2.13. The topological polar surface area (TPSA) is 32.3 Å². The first-order chi connectivity index (χ1) is 6.20. The molecule has 1 aromatic carbocycles. The Morgan fingerprint density at radius 3 is 2.77 bits per heavy atom. The Bertz CT molecular complexity index is 263. The molecule has 1 aromatic rings. The quantitative estimate of drug-likeness (QED) is 0.776. The van der Waals surface area contributed by atoms with Gasteiger partial charge in [-0.05, 0) is 18.6 Å². The van der Waals surface area contributed by atoms with E-state index in [9.17, 15) is 0 Å². The van der Waals surface area contributed by atoms with Crippen molar-refractivity contribution in [2.75, 3.05) is 6.54 Å². The standard InChI is InChI=1S/C10H14ClNO/c1-8(13)6-12-7-9-4-2-3-5-10(9)11/h2-5,8,12-13H,6-7H2,1H3/t8-/m1/s1. The van der Waals surface area contributed by atoms with E-state index in [2.05, 4.69) is 5.32 Å². The minimum Gasteiger partial charge on any atom is -0.392 e. The zero-order valence-corrected chi connectivity index (χ0v) is 8.38. The molecule has 0 saturated heterocycles. The van der Waals surface area contributed by atoms with Gasteiger partial charge in [0.25, 0.3) is 0 Å². The molecule has 0 aliphatic heterocycles. The molecule has 0 radical (unpaired) electrons. The van der Waals surface area contributed by atoms with Gasteiger partial charge in [-0.25, -0.2) is 0 Å². The van der Waals surface area contributed by atoms with E-state index >= 15 is 0 Å². The number of halogens is 1. The molecule has 0 amide bonds. The highest BCUT2D eigenvalue weighted by atomic mass is 35.5. The fraction of sp³-hybridized carbons (Fsp3) is 0.400. The molecule has 0 fully saturated rings. The number of aliphatic hydroxyl groups is 1. The van der Waals surface area contributed by atoms with E-state index in [0.29, 0.717) is 13.1 Å². The lowest BCUT2D eigenvalue weighted by atomic mass is 10.2. The maximum absolute atomic E-state index is 9.00. The average Bonchev–Trinajstić information content (AvgIpc) is 2.08. The summed E-state index contributed by atoms with van der Waals surface area (Å²) in [5, 5.41) is 12.9. The minimum absolute atomic E-state index is 0.317. The summed E-state index contributed by atoms with van der Waals surface area (Å²) in [5.41, 5.74) is 1.06. The van der Waals surface area contributed by atoms with Crippen LogP contribution in [0.4, 0.5) is 0 Å². The van der Waals surface area contributed by atoms with Crippen LogP contribution in [0.3, 0.4) is 0 Å². The Morgan fingerprint density at radius 2 is 2.15 bits per heavy atom. The summed E-state index contributed by atoms with van der Waals surface area (Å²) in [6, 6.07) is 7.68. The number of nitrogens with one attached hydrogen (secondary N) is 1. The fourth-order valence-corrected chi connectivity index (χ4v) is 1.26. The van der Waals surface area contributed by atoms with Crippen LogP contribution >= 0.6 is 11.6 Å². The van der Waals surface area contributed by atoms with Crippen LogP contribution in [0.1, 0.15) is 12.5 Å². The second kappa shape index (κ2) is 5.22. The first-order valence-electron chi connectivity index (χ1n) is 4.32. The van der Waals surface area contributed by atoms with E-state index in [-0.39, 0.29) is 6.10 Å². The monoisotopic (exact) mass is 199 g/mol. The van der Waals surface area contributed by atoms with Gasteiger partial charge in [-0.1, -0.05) is 29.8 Å². The Kier molecular flexibility index (Phi) is 4.22. The number of rotatable bonds is 4. The zero-order valence-electron chi connectivity index (χ0n) is 7.63. The van der Waals surface area contributed by atoms with Gasteiger partial charge in [0.1, 0.15) is 0 Å². The van der Waals surface area contributed by atoms with Gasteiger partial charge >= 0.3 is 0 Å². The van der Waals surface area contributed by atoms with Crippen LogP contribution in [0.5, 0.6) is 0 Å². The normalized spacial score (nSPS) is 12.8. The molecule has 0 heterocycles. The van der Waals surface area contributed by atoms with Crippen molar-refractivity contribution in [1.82, 2.24) is 5.32 Å². The van der Waals surface area contributed by atoms with Gasteiger partial charge in [0.15, 0.2) is 0 Å². The predicted molar refractivity (Wildman–Crippen MR) is 54.8 cm³/mol. The van der Waals surface area contributed by atoms with E-state index in [4.69, 9.17) is 16.7 Å². The Hall–Kier alpha value is -0.570. The third-order valence-corrected chi connectivity index (χ3v) is 2.08. The number of benzene rings is 1. The van der Waals surface area contributed by atoms with E-state index in [1.54, 1.807) is 6.92 Å². The van der Waals surface area contributed by atoms with Crippen molar-refractivity contribution in [3.63, 3.8) is 0 Å². The van der Waals surface area contributed by atoms with Crippen LogP contribution in [-0.2, 0) is 6.54 Å². The molecule has 13 heavy (non-hydrogen) atoms. The molecule has 0 unspecified atom stereocenters. The van der Waals surface area contributed by atoms with Gasteiger partial charge in [-0.2, -0.15) is 0 Å². The third kappa shape index (κ3) is 3.77. The summed E-state index contributed by atoms with van der Waals surface area (Å²) in [6.45, 7) is 3.04. The van der Waals surface area contributed by atoms with Crippen molar-refractivity contribution in [2.24, 2.45) is 0 Å². The van der Waals surface area contributed by atoms with E-state index < -0.39 is 0 Å². The maximum atomic E-state index is 9.00. The zero-order chi connectivity index (χ0) is 9.68. The van der Waals surface area contributed by atoms with Gasteiger partial charge in [-0.15, -0.1) is 0 Å². The summed E-state index contributed by atoms with van der Waals surface area (Å²) < 4.78 is 0. The van der Waals surface area contributed by atoms with Crippen LogP contribution in [0, 0.1) is 0 Å². The molecule has 2 nitrogen and oxygen atoms in total. The number of hydrogen-bond acceptors (Lipinski definition) is 2. The summed E-state index contributed by atoms with van der Waals surface area (Å²) in [7, 11) is 0. The number of hydrogen-bond donors (Lipinski definition) is 2. The van der Waals surface area contributed by atoms with Crippen LogP contribution in [-0.4, -0.2) is 17.8 Å². The van der Waals surface area contributed by atoms with Gasteiger partial charge in [0.05, 0.1) is 6.10 Å². The maximum Gasteiger partial charge on any atom is 0.0636 e. The van der Waals surface area contributed by atoms with Crippen LogP contribution in [0.25, 0.3) is 0 Å². The summed E-state index contributed by atoms with van der Waals surface area (Å²) in [5.74, 6) is 0. The lowest BCUT2D eigenvalue weighted by Crippen LogP contribution is -2.23.